The summed E-state index contributed by atoms with van der Waals surface area (Å²) < 4.78 is 24.1. The Morgan fingerprint density at radius 2 is 2.04 bits per heavy atom. The Kier molecular flexibility index (Phi) is 4.56. The molecule has 0 atom stereocenters. The molecule has 26 heavy (non-hydrogen) atoms. The number of aromatic nitrogens is 1. The van der Waals surface area contributed by atoms with Gasteiger partial charge in [0.2, 0.25) is 5.91 Å². The van der Waals surface area contributed by atoms with Crippen LogP contribution in [0.2, 0.25) is 0 Å². The lowest BCUT2D eigenvalue weighted by atomic mass is 10.2. The third kappa shape index (κ3) is 3.85. The summed E-state index contributed by atoms with van der Waals surface area (Å²) in [6.45, 7) is 0.503. The summed E-state index contributed by atoms with van der Waals surface area (Å²) in [5.74, 6) is 1.65. The van der Waals surface area contributed by atoms with Crippen molar-refractivity contribution in [3.8, 4) is 11.3 Å². The van der Waals surface area contributed by atoms with E-state index in [2.05, 4.69) is 4.98 Å². The van der Waals surface area contributed by atoms with Crippen molar-refractivity contribution in [3.63, 3.8) is 0 Å². The molecule has 134 valence electrons. The number of benzene rings is 1. The minimum atomic E-state index is -0.296. The normalized spacial score (nSPS) is 13.7. The molecule has 3 aromatic rings. The molecule has 1 aliphatic rings. The lowest BCUT2D eigenvalue weighted by Gasteiger charge is -2.21. The number of aryl methyl sites for hydroxylation is 1. The first-order chi connectivity index (χ1) is 12.7. The molecule has 5 nitrogen and oxygen atoms in total. The van der Waals surface area contributed by atoms with Gasteiger partial charge < -0.3 is 13.7 Å². The second kappa shape index (κ2) is 7.15. The summed E-state index contributed by atoms with van der Waals surface area (Å²) in [5.41, 5.74) is 0.758. The van der Waals surface area contributed by atoms with Crippen molar-refractivity contribution < 1.29 is 18.0 Å². The first-order valence-corrected chi connectivity index (χ1v) is 8.71. The maximum atomic E-state index is 13.0. The van der Waals surface area contributed by atoms with Crippen molar-refractivity contribution in [2.45, 2.75) is 38.3 Å². The average Bonchev–Trinajstić information content (AvgIpc) is 3.16. The molecule has 6 heteroatoms. The van der Waals surface area contributed by atoms with E-state index < -0.39 is 0 Å². The molecule has 0 N–H and O–H groups in total. The fourth-order valence-corrected chi connectivity index (χ4v) is 2.91. The molecule has 2 aromatic heterocycles. The van der Waals surface area contributed by atoms with Gasteiger partial charge in [-0.2, -0.15) is 0 Å². The Morgan fingerprint density at radius 1 is 1.23 bits per heavy atom. The van der Waals surface area contributed by atoms with E-state index in [1.807, 2.05) is 17.0 Å². The monoisotopic (exact) mass is 354 g/mol. The van der Waals surface area contributed by atoms with Gasteiger partial charge in [0.15, 0.2) is 11.7 Å². The Bertz CT molecular complexity index is 867. The molecule has 1 amide bonds. The second-order valence-corrected chi connectivity index (χ2v) is 6.46. The number of halogens is 1. The zero-order valence-electron chi connectivity index (χ0n) is 14.2. The van der Waals surface area contributed by atoms with Crippen molar-refractivity contribution in [2.24, 2.45) is 0 Å². The molecule has 1 saturated carbocycles. The van der Waals surface area contributed by atoms with Gasteiger partial charge >= 0.3 is 0 Å². The molecule has 4 rings (SSSR count). The van der Waals surface area contributed by atoms with E-state index in [4.69, 9.17) is 8.83 Å². The molecule has 1 aromatic carbocycles. The van der Waals surface area contributed by atoms with Gasteiger partial charge in [0.05, 0.1) is 19.0 Å². The van der Waals surface area contributed by atoms with E-state index in [-0.39, 0.29) is 11.7 Å². The van der Waals surface area contributed by atoms with Crippen LogP contribution in [-0.2, 0) is 17.8 Å². The van der Waals surface area contributed by atoms with Crippen LogP contribution in [0.3, 0.4) is 0 Å². The number of hydrogen-bond donors (Lipinski definition) is 0. The maximum Gasteiger partial charge on any atom is 0.223 e. The number of oxazole rings is 1. The molecule has 0 bridgehead atoms. The van der Waals surface area contributed by atoms with Gasteiger partial charge in [0, 0.05) is 24.4 Å². The molecular formula is C20H19FN2O3. The Hall–Kier alpha value is -2.89. The highest BCUT2D eigenvalue weighted by Crippen LogP contribution is 2.29. The van der Waals surface area contributed by atoms with Crippen LogP contribution in [0.4, 0.5) is 4.39 Å². The lowest BCUT2D eigenvalue weighted by Crippen LogP contribution is -2.32. The fraction of sp³-hybridized carbons (Fsp3) is 0.300. The summed E-state index contributed by atoms with van der Waals surface area (Å²) in [6, 6.07) is 10.1. The molecule has 0 unspecified atom stereocenters. The Labute approximate surface area is 150 Å². The first kappa shape index (κ1) is 16.6. The van der Waals surface area contributed by atoms with Crippen LogP contribution in [0.25, 0.3) is 11.3 Å². The quantitative estimate of drug-likeness (QED) is 0.638. The first-order valence-electron chi connectivity index (χ1n) is 8.71. The fourth-order valence-electron chi connectivity index (χ4n) is 2.91. The highest BCUT2D eigenvalue weighted by Gasteiger charge is 2.32. The van der Waals surface area contributed by atoms with Crippen LogP contribution in [0, 0.1) is 5.82 Å². The van der Waals surface area contributed by atoms with Crippen molar-refractivity contribution >= 4 is 5.91 Å². The van der Waals surface area contributed by atoms with Crippen molar-refractivity contribution in [1.29, 1.82) is 0 Å². The lowest BCUT2D eigenvalue weighted by molar-refractivity contribution is -0.132. The predicted octanol–water partition coefficient (Wildman–Crippen LogP) is 4.20. The molecule has 0 saturated heterocycles. The minimum absolute atomic E-state index is 0.0745. The van der Waals surface area contributed by atoms with E-state index in [9.17, 15) is 9.18 Å². The van der Waals surface area contributed by atoms with E-state index in [0.717, 1.165) is 24.2 Å². The highest BCUT2D eigenvalue weighted by atomic mass is 19.1. The SMILES string of the molecule is O=C(CCc1ncc(-c2ccc(F)cc2)o1)N(Cc1ccco1)C1CC1. The third-order valence-electron chi connectivity index (χ3n) is 4.45. The molecule has 0 radical (unpaired) electrons. The van der Waals surface area contributed by atoms with E-state index in [1.165, 1.54) is 12.1 Å². The van der Waals surface area contributed by atoms with Crippen LogP contribution < -0.4 is 0 Å². The molecule has 0 spiro atoms. The Morgan fingerprint density at radius 3 is 2.73 bits per heavy atom. The topological polar surface area (TPSA) is 59.5 Å². The molecule has 1 fully saturated rings. The highest BCUT2D eigenvalue weighted by molar-refractivity contribution is 5.77. The summed E-state index contributed by atoms with van der Waals surface area (Å²) in [6.07, 6.45) is 6.07. The van der Waals surface area contributed by atoms with Crippen LogP contribution in [-0.4, -0.2) is 21.8 Å². The van der Waals surface area contributed by atoms with Crippen molar-refractivity contribution in [3.05, 3.63) is 66.3 Å². The molecule has 0 aliphatic heterocycles. The van der Waals surface area contributed by atoms with E-state index in [1.54, 1.807) is 24.6 Å². The number of nitrogens with zero attached hydrogens (tertiary/aromatic N) is 2. The van der Waals surface area contributed by atoms with Crippen LogP contribution >= 0.6 is 0 Å². The van der Waals surface area contributed by atoms with Gasteiger partial charge in [-0.05, 0) is 49.2 Å². The number of hydrogen-bond acceptors (Lipinski definition) is 4. The number of carbonyl (C=O) groups excluding carboxylic acids is 1. The maximum absolute atomic E-state index is 13.0. The number of furan rings is 1. The summed E-state index contributed by atoms with van der Waals surface area (Å²) >= 11 is 0. The molecular weight excluding hydrogens is 335 g/mol. The second-order valence-electron chi connectivity index (χ2n) is 6.46. The van der Waals surface area contributed by atoms with Crippen LogP contribution in [0.1, 0.15) is 30.9 Å². The van der Waals surface area contributed by atoms with Crippen molar-refractivity contribution in [2.75, 3.05) is 0 Å². The van der Waals surface area contributed by atoms with Gasteiger partial charge in [-0.25, -0.2) is 9.37 Å². The summed E-state index contributed by atoms with van der Waals surface area (Å²) in [4.78, 5) is 18.7. The Balaban J connectivity index is 1.37. The number of carbonyl (C=O) groups is 1. The zero-order valence-corrected chi connectivity index (χ0v) is 14.2. The smallest absolute Gasteiger partial charge is 0.223 e. The number of rotatable bonds is 7. The third-order valence-corrected chi connectivity index (χ3v) is 4.45. The predicted molar refractivity (Wildman–Crippen MR) is 92.5 cm³/mol. The average molecular weight is 354 g/mol. The van der Waals surface area contributed by atoms with Gasteiger partial charge in [0.25, 0.3) is 0 Å². The molecule has 2 heterocycles. The van der Waals surface area contributed by atoms with Gasteiger partial charge in [-0.1, -0.05) is 0 Å². The van der Waals surface area contributed by atoms with Gasteiger partial charge in [0.1, 0.15) is 11.6 Å². The number of amides is 1. The summed E-state index contributed by atoms with van der Waals surface area (Å²) in [5, 5.41) is 0. The molecule has 1 aliphatic carbocycles. The standard InChI is InChI=1S/C20H19FN2O3/c21-15-5-3-14(4-6-15)18-12-22-19(26-18)9-10-20(24)23(16-7-8-16)13-17-2-1-11-25-17/h1-6,11-12,16H,7-10,13H2. The van der Waals surface area contributed by atoms with Crippen molar-refractivity contribution in [1.82, 2.24) is 9.88 Å². The van der Waals surface area contributed by atoms with Gasteiger partial charge in [-0.3, -0.25) is 4.79 Å². The van der Waals surface area contributed by atoms with E-state index in [0.29, 0.717) is 37.1 Å². The van der Waals surface area contributed by atoms with Crippen LogP contribution in [0.15, 0.2) is 57.7 Å². The van der Waals surface area contributed by atoms with Gasteiger partial charge in [-0.15, -0.1) is 0 Å². The minimum Gasteiger partial charge on any atom is -0.467 e. The zero-order chi connectivity index (χ0) is 17.9. The van der Waals surface area contributed by atoms with Crippen LogP contribution in [0.5, 0.6) is 0 Å². The summed E-state index contributed by atoms with van der Waals surface area (Å²) in [7, 11) is 0. The van der Waals surface area contributed by atoms with E-state index >= 15 is 0 Å². The largest absolute Gasteiger partial charge is 0.467 e.